The van der Waals surface area contributed by atoms with E-state index < -0.39 is 11.8 Å². The number of nitrogens with zero attached hydrogens (tertiary/aromatic N) is 3. The molecule has 9 nitrogen and oxygen atoms in total. The van der Waals surface area contributed by atoms with Gasteiger partial charge in [0.25, 0.3) is 5.56 Å². The second-order valence-electron chi connectivity index (χ2n) is 8.89. The summed E-state index contributed by atoms with van der Waals surface area (Å²) in [6, 6.07) is 11.7. The molecule has 0 saturated carbocycles. The van der Waals surface area contributed by atoms with Gasteiger partial charge in [-0.15, -0.1) is 0 Å². The van der Waals surface area contributed by atoms with Crippen LogP contribution in [0.15, 0.2) is 46.0 Å². The van der Waals surface area contributed by atoms with Crippen LogP contribution < -0.4 is 25.5 Å². The predicted octanol–water partition coefficient (Wildman–Crippen LogP) is 3.16. The Kier molecular flexibility index (Phi) is 5.88. The molecule has 1 aliphatic heterocycles. The third-order valence-electron chi connectivity index (χ3n) is 6.83. The van der Waals surface area contributed by atoms with Gasteiger partial charge in [0.2, 0.25) is 5.75 Å². The highest BCUT2D eigenvalue weighted by molar-refractivity contribution is 5.96. The molecule has 0 fully saturated rings. The smallest absolute Gasteiger partial charge is 0.331 e. The van der Waals surface area contributed by atoms with E-state index in [1.165, 1.54) is 11.6 Å². The fraction of sp³-hybridized carbons (Fsp3) is 0.333. The van der Waals surface area contributed by atoms with Crippen LogP contribution in [0.4, 0.5) is 0 Å². The molecule has 0 amide bonds. The minimum atomic E-state index is -0.578. The van der Waals surface area contributed by atoms with Crippen molar-refractivity contribution in [2.45, 2.75) is 19.6 Å². The van der Waals surface area contributed by atoms with Crippen molar-refractivity contribution in [1.82, 2.24) is 13.7 Å². The van der Waals surface area contributed by atoms with E-state index in [2.05, 4.69) is 10.6 Å². The van der Waals surface area contributed by atoms with Crippen LogP contribution in [0.3, 0.4) is 0 Å². The van der Waals surface area contributed by atoms with E-state index in [4.69, 9.17) is 18.9 Å². The molecule has 0 aliphatic carbocycles. The Balaban J connectivity index is 1.90. The fourth-order valence-corrected chi connectivity index (χ4v) is 5.18. The standard InChI is InChI=1S/C27H29N3O6/c1-15-8-7-9-16(12-15)21-20-22(28(2)27(32)29(3)26(20)31)23-24(36-11-10-30(21)23)17-13-18(33-4)25(35-6)19(14-17)34-5/h7-9,12-14,24H,10-11H2,1-6H3. The molecule has 1 unspecified atom stereocenters. The average molecular weight is 492 g/mol. The van der Waals surface area contributed by atoms with Crippen molar-refractivity contribution in [3.8, 4) is 28.5 Å². The highest BCUT2D eigenvalue weighted by Gasteiger charge is 2.34. The molecule has 0 bridgehead atoms. The molecule has 0 N–H and O–H groups in total. The van der Waals surface area contributed by atoms with E-state index >= 15 is 0 Å². The van der Waals surface area contributed by atoms with Crippen molar-refractivity contribution < 1.29 is 18.9 Å². The van der Waals surface area contributed by atoms with Crippen molar-refractivity contribution in [2.24, 2.45) is 14.1 Å². The molecule has 36 heavy (non-hydrogen) atoms. The number of aromatic nitrogens is 3. The Hall–Kier alpha value is -3.98. The molecule has 1 atom stereocenters. The molecule has 2 aromatic heterocycles. The second kappa shape index (κ2) is 8.91. The zero-order valence-corrected chi connectivity index (χ0v) is 21.2. The van der Waals surface area contributed by atoms with Gasteiger partial charge < -0.3 is 23.5 Å². The quantitative estimate of drug-likeness (QED) is 0.426. The first kappa shape index (κ1) is 23.7. The van der Waals surface area contributed by atoms with Gasteiger partial charge in [0, 0.05) is 20.6 Å². The topological polar surface area (TPSA) is 85.9 Å². The van der Waals surface area contributed by atoms with E-state index in [1.54, 1.807) is 28.4 Å². The summed E-state index contributed by atoms with van der Waals surface area (Å²) >= 11 is 0. The lowest BCUT2D eigenvalue weighted by Crippen LogP contribution is -2.37. The number of hydrogen-bond donors (Lipinski definition) is 0. The Labute approximate surface area is 208 Å². The number of benzene rings is 2. The van der Waals surface area contributed by atoms with Crippen LogP contribution in [-0.2, 0) is 25.4 Å². The van der Waals surface area contributed by atoms with Crippen LogP contribution >= 0.6 is 0 Å². The number of fused-ring (bicyclic) bond motifs is 3. The van der Waals surface area contributed by atoms with Crippen LogP contribution in [0.1, 0.15) is 22.9 Å². The van der Waals surface area contributed by atoms with Gasteiger partial charge in [-0.25, -0.2) is 4.79 Å². The molecule has 4 aromatic rings. The zero-order chi connectivity index (χ0) is 25.7. The van der Waals surface area contributed by atoms with Crippen LogP contribution in [0.5, 0.6) is 17.2 Å². The molecule has 0 spiro atoms. The van der Waals surface area contributed by atoms with E-state index in [1.807, 2.05) is 37.3 Å². The summed E-state index contributed by atoms with van der Waals surface area (Å²) in [7, 11) is 7.86. The maximum absolute atomic E-state index is 13.6. The summed E-state index contributed by atoms with van der Waals surface area (Å²) in [5.41, 5.74) is 4.08. The summed E-state index contributed by atoms with van der Waals surface area (Å²) < 4.78 is 27.7. The Morgan fingerprint density at radius 3 is 2.25 bits per heavy atom. The Morgan fingerprint density at radius 2 is 1.64 bits per heavy atom. The molecule has 0 radical (unpaired) electrons. The molecule has 0 saturated heterocycles. The number of rotatable bonds is 5. The minimum absolute atomic E-state index is 0.338. The monoisotopic (exact) mass is 491 g/mol. The third-order valence-corrected chi connectivity index (χ3v) is 6.83. The Morgan fingerprint density at radius 1 is 0.944 bits per heavy atom. The minimum Gasteiger partial charge on any atom is -0.493 e. The second-order valence-corrected chi connectivity index (χ2v) is 8.89. The molecular weight excluding hydrogens is 462 g/mol. The van der Waals surface area contributed by atoms with Crippen molar-refractivity contribution in [2.75, 3.05) is 27.9 Å². The first-order valence-electron chi connectivity index (χ1n) is 11.6. The summed E-state index contributed by atoms with van der Waals surface area (Å²) in [6.45, 7) is 2.97. The molecule has 9 heteroatoms. The van der Waals surface area contributed by atoms with Crippen LogP contribution in [-0.4, -0.2) is 41.6 Å². The molecule has 1 aliphatic rings. The number of hydrogen-bond acceptors (Lipinski definition) is 6. The molecule has 3 heterocycles. The largest absolute Gasteiger partial charge is 0.493 e. The van der Waals surface area contributed by atoms with Gasteiger partial charge in [0.1, 0.15) is 6.10 Å². The number of aryl methyl sites for hydroxylation is 2. The lowest BCUT2D eigenvalue weighted by atomic mass is 10.0. The van der Waals surface area contributed by atoms with Crippen LogP contribution in [0.2, 0.25) is 0 Å². The van der Waals surface area contributed by atoms with E-state index in [0.717, 1.165) is 32.6 Å². The molecule has 188 valence electrons. The average Bonchev–Trinajstić information content (AvgIpc) is 3.25. The molecule has 2 aromatic carbocycles. The Bertz CT molecular complexity index is 1590. The maximum Gasteiger partial charge on any atom is 0.331 e. The van der Waals surface area contributed by atoms with Crippen molar-refractivity contribution >= 4 is 10.9 Å². The van der Waals surface area contributed by atoms with Crippen LogP contribution in [0.25, 0.3) is 22.2 Å². The maximum atomic E-state index is 13.6. The van der Waals surface area contributed by atoms with Gasteiger partial charge in [-0.05, 0) is 36.2 Å². The SMILES string of the molecule is COc1cc(C2OCCn3c(-c4cccc(C)c4)c4c(=O)n(C)c(=O)n(C)c4c32)cc(OC)c1OC. The zero-order valence-electron chi connectivity index (χ0n) is 21.2. The van der Waals surface area contributed by atoms with E-state index in [-0.39, 0.29) is 5.56 Å². The van der Waals surface area contributed by atoms with Gasteiger partial charge in [0.15, 0.2) is 11.5 Å². The lowest BCUT2D eigenvalue weighted by molar-refractivity contribution is 0.0475. The van der Waals surface area contributed by atoms with Crippen molar-refractivity contribution in [3.63, 3.8) is 0 Å². The van der Waals surface area contributed by atoms with Gasteiger partial charge in [0.05, 0.1) is 50.2 Å². The van der Waals surface area contributed by atoms with Gasteiger partial charge in [-0.2, -0.15) is 0 Å². The third kappa shape index (κ3) is 3.42. The first-order chi connectivity index (χ1) is 17.3. The molecule has 5 rings (SSSR count). The fourth-order valence-electron chi connectivity index (χ4n) is 5.18. The summed E-state index contributed by atoms with van der Waals surface area (Å²) in [4.78, 5) is 26.6. The van der Waals surface area contributed by atoms with Crippen molar-refractivity contribution in [3.05, 3.63) is 74.1 Å². The molecular formula is C27H29N3O6. The predicted molar refractivity (Wildman–Crippen MR) is 136 cm³/mol. The number of methoxy groups -OCH3 is 3. The number of ether oxygens (including phenoxy) is 4. The summed E-state index contributed by atoms with van der Waals surface area (Å²) in [5.74, 6) is 1.46. The highest BCUT2D eigenvalue weighted by Crippen LogP contribution is 2.45. The van der Waals surface area contributed by atoms with Crippen LogP contribution in [0, 0.1) is 6.92 Å². The summed E-state index contributed by atoms with van der Waals surface area (Å²) in [6.07, 6.45) is -0.578. The van der Waals surface area contributed by atoms with Gasteiger partial charge >= 0.3 is 5.69 Å². The van der Waals surface area contributed by atoms with Gasteiger partial charge in [-0.3, -0.25) is 13.9 Å². The normalized spacial score (nSPS) is 15.1. The summed E-state index contributed by atoms with van der Waals surface area (Å²) in [5, 5.41) is 0.489. The van der Waals surface area contributed by atoms with E-state index in [9.17, 15) is 9.59 Å². The van der Waals surface area contributed by atoms with Gasteiger partial charge in [-0.1, -0.05) is 23.8 Å². The highest BCUT2D eigenvalue weighted by atomic mass is 16.5. The van der Waals surface area contributed by atoms with Crippen molar-refractivity contribution in [1.29, 1.82) is 0 Å². The lowest BCUT2D eigenvalue weighted by Gasteiger charge is -2.28. The first-order valence-corrected chi connectivity index (χ1v) is 11.6. The van der Waals surface area contributed by atoms with E-state index in [0.29, 0.717) is 41.3 Å².